The van der Waals surface area contributed by atoms with Gasteiger partial charge in [-0.25, -0.2) is 0 Å². The van der Waals surface area contributed by atoms with Crippen LogP contribution in [-0.2, 0) is 0 Å². The molecule has 190 valence electrons. The normalized spacial score (nSPS) is 11.9. The molecule has 0 saturated heterocycles. The van der Waals surface area contributed by atoms with Gasteiger partial charge in [-0.3, -0.25) is 4.98 Å². The Morgan fingerprint density at radius 1 is 0.415 bits per heavy atom. The molecule has 0 bridgehead atoms. The summed E-state index contributed by atoms with van der Waals surface area (Å²) in [4.78, 5) is 4.72. The van der Waals surface area contributed by atoms with E-state index in [1.807, 2.05) is 23.6 Å². The third-order valence-corrected chi connectivity index (χ3v) is 9.73. The third kappa shape index (κ3) is 3.32. The SMILES string of the molecule is c1ccc2c(c1)-c1cc(-c3cccc4c3sc3ccccc34)ccc1-c1ccc3ncccc3c1-c1ccccc1-2. The van der Waals surface area contributed by atoms with Crippen LogP contribution in [0.1, 0.15) is 0 Å². The minimum Gasteiger partial charge on any atom is -0.256 e. The Balaban J connectivity index is 1.39. The highest BCUT2D eigenvalue weighted by Gasteiger charge is 2.24. The van der Waals surface area contributed by atoms with E-state index in [1.165, 1.54) is 81.2 Å². The number of nitrogens with zero attached hydrogens (tertiary/aromatic N) is 1. The summed E-state index contributed by atoms with van der Waals surface area (Å²) in [6.45, 7) is 0. The van der Waals surface area contributed by atoms with Crippen molar-refractivity contribution in [2.24, 2.45) is 0 Å². The van der Waals surface area contributed by atoms with Crippen molar-refractivity contribution in [1.29, 1.82) is 0 Å². The van der Waals surface area contributed by atoms with Gasteiger partial charge in [0.2, 0.25) is 0 Å². The molecule has 0 unspecified atom stereocenters. The van der Waals surface area contributed by atoms with Crippen LogP contribution in [0.5, 0.6) is 0 Å². The zero-order valence-corrected chi connectivity index (χ0v) is 23.0. The molecule has 9 rings (SSSR count). The van der Waals surface area contributed by atoms with Gasteiger partial charge in [-0.1, -0.05) is 109 Å². The maximum Gasteiger partial charge on any atom is 0.0708 e. The molecule has 0 N–H and O–H groups in total. The lowest BCUT2D eigenvalue weighted by atomic mass is 9.79. The second kappa shape index (κ2) is 8.72. The molecule has 41 heavy (non-hydrogen) atoms. The van der Waals surface area contributed by atoms with Crippen LogP contribution in [0.15, 0.2) is 140 Å². The minimum atomic E-state index is 1.02. The fourth-order valence-corrected chi connectivity index (χ4v) is 7.94. The van der Waals surface area contributed by atoms with E-state index in [0.29, 0.717) is 0 Å². The molecule has 0 aliphatic heterocycles. The van der Waals surface area contributed by atoms with Gasteiger partial charge in [0.05, 0.1) is 5.52 Å². The molecule has 2 heterocycles. The predicted molar refractivity (Wildman–Crippen MR) is 175 cm³/mol. The molecule has 0 amide bonds. The number of hydrogen-bond donors (Lipinski definition) is 0. The van der Waals surface area contributed by atoms with Crippen molar-refractivity contribution in [3.05, 3.63) is 140 Å². The lowest BCUT2D eigenvalue weighted by Gasteiger charge is -2.24. The van der Waals surface area contributed by atoms with Crippen molar-refractivity contribution < 1.29 is 0 Å². The van der Waals surface area contributed by atoms with Crippen molar-refractivity contribution in [2.75, 3.05) is 0 Å². The summed E-state index contributed by atoms with van der Waals surface area (Å²) in [5, 5.41) is 3.84. The van der Waals surface area contributed by atoms with E-state index >= 15 is 0 Å². The second-order valence-corrected chi connectivity index (χ2v) is 11.7. The highest BCUT2D eigenvalue weighted by atomic mass is 32.1. The van der Waals surface area contributed by atoms with Crippen LogP contribution in [0, 0.1) is 0 Å². The Labute approximate surface area is 242 Å². The maximum absolute atomic E-state index is 4.72. The standard InChI is InChI=1S/C39H23NS/c1-2-11-28-26(9-1)27-10-3-4-13-31(27)38-32(20-21-36-34(38)16-8-22-40-36)29-19-18-24(23-35(28)29)25-14-7-15-33-30-12-5-6-17-37(30)41-39(25)33/h1-23H. The molecule has 0 saturated carbocycles. The average Bonchev–Trinajstić information content (AvgIpc) is 3.42. The highest BCUT2D eigenvalue weighted by Crippen LogP contribution is 2.50. The van der Waals surface area contributed by atoms with Crippen LogP contribution in [0.25, 0.3) is 86.7 Å². The monoisotopic (exact) mass is 537 g/mol. The summed E-state index contributed by atoms with van der Waals surface area (Å²) in [6, 6.07) is 48.9. The molecule has 6 aromatic carbocycles. The van der Waals surface area contributed by atoms with Crippen LogP contribution in [0.3, 0.4) is 0 Å². The largest absolute Gasteiger partial charge is 0.256 e. The third-order valence-electron chi connectivity index (χ3n) is 8.51. The van der Waals surface area contributed by atoms with Gasteiger partial charge in [-0.05, 0) is 79.9 Å². The van der Waals surface area contributed by atoms with E-state index in [1.54, 1.807) is 0 Å². The molecular weight excluding hydrogens is 515 g/mol. The number of pyridine rings is 1. The molecule has 0 fully saturated rings. The molecule has 1 aliphatic rings. The Kier molecular flexibility index (Phi) is 4.84. The molecule has 1 aliphatic carbocycles. The van der Waals surface area contributed by atoms with Gasteiger partial charge < -0.3 is 0 Å². The minimum absolute atomic E-state index is 1.02. The number of aromatic nitrogens is 1. The molecule has 2 heteroatoms. The lowest BCUT2D eigenvalue weighted by Crippen LogP contribution is -1.98. The van der Waals surface area contributed by atoms with Crippen LogP contribution in [0.2, 0.25) is 0 Å². The fourth-order valence-electron chi connectivity index (χ4n) is 6.70. The van der Waals surface area contributed by atoms with E-state index in [9.17, 15) is 0 Å². The van der Waals surface area contributed by atoms with E-state index in [4.69, 9.17) is 4.98 Å². The number of benzene rings is 6. The van der Waals surface area contributed by atoms with Gasteiger partial charge in [0.15, 0.2) is 0 Å². The summed E-state index contributed by atoms with van der Waals surface area (Å²) in [5.41, 5.74) is 13.6. The lowest BCUT2D eigenvalue weighted by molar-refractivity contribution is 1.41. The second-order valence-electron chi connectivity index (χ2n) is 10.7. The van der Waals surface area contributed by atoms with Gasteiger partial charge in [0, 0.05) is 31.8 Å². The smallest absolute Gasteiger partial charge is 0.0708 e. The number of thiophene rings is 1. The zero-order chi connectivity index (χ0) is 26.9. The molecule has 0 spiro atoms. The van der Waals surface area contributed by atoms with Gasteiger partial charge in [-0.2, -0.15) is 0 Å². The topological polar surface area (TPSA) is 12.9 Å². The summed E-state index contributed by atoms with van der Waals surface area (Å²) in [7, 11) is 0. The number of hydrogen-bond acceptors (Lipinski definition) is 2. The maximum atomic E-state index is 4.72. The Hall–Kier alpha value is -5.05. The fraction of sp³-hybridized carbons (Fsp3) is 0. The molecule has 8 aromatic rings. The van der Waals surface area contributed by atoms with Crippen LogP contribution in [-0.4, -0.2) is 4.98 Å². The van der Waals surface area contributed by atoms with Crippen LogP contribution < -0.4 is 0 Å². The zero-order valence-electron chi connectivity index (χ0n) is 22.1. The Morgan fingerprint density at radius 3 is 1.93 bits per heavy atom. The quantitative estimate of drug-likeness (QED) is 0.203. The molecule has 0 radical (unpaired) electrons. The first-order valence-corrected chi connectivity index (χ1v) is 14.8. The van der Waals surface area contributed by atoms with Crippen molar-refractivity contribution in [3.8, 4) is 55.6 Å². The molecule has 2 aromatic heterocycles. The first kappa shape index (κ1) is 22.7. The Morgan fingerprint density at radius 2 is 1.05 bits per heavy atom. The molecular formula is C39H23NS. The first-order valence-electron chi connectivity index (χ1n) is 14.0. The van der Waals surface area contributed by atoms with Crippen molar-refractivity contribution >= 4 is 42.4 Å². The van der Waals surface area contributed by atoms with Gasteiger partial charge in [0.1, 0.15) is 0 Å². The van der Waals surface area contributed by atoms with E-state index in [-0.39, 0.29) is 0 Å². The summed E-state index contributed by atoms with van der Waals surface area (Å²) < 4.78 is 2.67. The average molecular weight is 538 g/mol. The number of rotatable bonds is 1. The molecule has 1 nitrogen and oxygen atoms in total. The van der Waals surface area contributed by atoms with Gasteiger partial charge in [0.25, 0.3) is 0 Å². The summed E-state index contributed by atoms with van der Waals surface area (Å²) in [5.74, 6) is 0. The van der Waals surface area contributed by atoms with E-state index < -0.39 is 0 Å². The van der Waals surface area contributed by atoms with E-state index in [0.717, 1.165) is 5.52 Å². The summed E-state index contributed by atoms with van der Waals surface area (Å²) >= 11 is 1.89. The van der Waals surface area contributed by atoms with Crippen LogP contribution >= 0.6 is 11.3 Å². The number of fused-ring (bicyclic) bond motifs is 13. The Bertz CT molecular complexity index is 2320. The highest BCUT2D eigenvalue weighted by molar-refractivity contribution is 7.26. The molecule has 0 atom stereocenters. The predicted octanol–water partition coefficient (Wildman–Crippen LogP) is 11.3. The first-order chi connectivity index (χ1) is 20.3. The van der Waals surface area contributed by atoms with Gasteiger partial charge >= 0.3 is 0 Å². The van der Waals surface area contributed by atoms with Gasteiger partial charge in [-0.15, -0.1) is 11.3 Å². The van der Waals surface area contributed by atoms with Crippen LogP contribution in [0.4, 0.5) is 0 Å². The van der Waals surface area contributed by atoms with E-state index in [2.05, 4.69) is 127 Å². The van der Waals surface area contributed by atoms with Crippen molar-refractivity contribution in [2.45, 2.75) is 0 Å². The van der Waals surface area contributed by atoms with Crippen molar-refractivity contribution in [3.63, 3.8) is 0 Å². The van der Waals surface area contributed by atoms with Crippen molar-refractivity contribution in [1.82, 2.24) is 4.98 Å². The summed E-state index contributed by atoms with van der Waals surface area (Å²) in [6.07, 6.45) is 1.88.